The molecule has 0 radical (unpaired) electrons. The second kappa shape index (κ2) is 5.72. The summed E-state index contributed by atoms with van der Waals surface area (Å²) in [7, 11) is 0. The van der Waals surface area contributed by atoms with Gasteiger partial charge in [0.25, 0.3) is 0 Å². The fourth-order valence-electron chi connectivity index (χ4n) is 4.46. The Labute approximate surface area is 127 Å². The number of rotatable bonds is 3. The number of nitrogens with zero attached hydrogens (tertiary/aromatic N) is 3. The molecule has 1 atom stereocenters. The van der Waals surface area contributed by atoms with E-state index >= 15 is 0 Å². The van der Waals surface area contributed by atoms with E-state index in [0.29, 0.717) is 0 Å². The summed E-state index contributed by atoms with van der Waals surface area (Å²) < 4.78 is 0. The van der Waals surface area contributed by atoms with Crippen LogP contribution in [0.25, 0.3) is 0 Å². The summed E-state index contributed by atoms with van der Waals surface area (Å²) in [4.78, 5) is 6.28. The van der Waals surface area contributed by atoms with Crippen LogP contribution in [0.3, 0.4) is 0 Å². The zero-order valence-electron chi connectivity index (χ0n) is 12.9. The molecule has 3 fully saturated rings. The molecule has 0 aromatic carbocycles. The van der Waals surface area contributed by atoms with E-state index in [-0.39, 0.29) is 5.66 Å². The quantitative estimate of drug-likeness (QED) is 0.885. The van der Waals surface area contributed by atoms with Crippen LogP contribution in [-0.4, -0.2) is 59.3 Å². The van der Waals surface area contributed by atoms with Crippen LogP contribution in [0.2, 0.25) is 0 Å². The summed E-state index contributed by atoms with van der Waals surface area (Å²) in [6.07, 6.45) is 8.65. The highest BCUT2D eigenvalue weighted by molar-refractivity contribution is 5.18. The molecule has 21 heavy (non-hydrogen) atoms. The lowest BCUT2D eigenvalue weighted by molar-refractivity contribution is -0.192. The predicted molar refractivity (Wildman–Crippen MR) is 83.4 cm³/mol. The molecule has 0 spiro atoms. The number of likely N-dealkylation sites (tertiary alicyclic amines) is 1. The van der Waals surface area contributed by atoms with Crippen molar-refractivity contribution in [1.29, 1.82) is 0 Å². The Morgan fingerprint density at radius 3 is 2.57 bits per heavy atom. The summed E-state index contributed by atoms with van der Waals surface area (Å²) in [5.74, 6) is 0. The number of H-pyrrole nitrogens is 1. The molecule has 0 saturated carbocycles. The lowest BCUT2D eigenvalue weighted by atomic mass is 9.91. The number of hydrogen-bond acceptors (Lipinski definition) is 4. The van der Waals surface area contributed by atoms with Crippen LogP contribution >= 0.6 is 0 Å². The average Bonchev–Trinajstić information content (AvgIpc) is 3.29. The van der Waals surface area contributed by atoms with Crippen LogP contribution in [-0.2, 0) is 5.66 Å². The molecular formula is C16H27N5. The Morgan fingerprint density at radius 2 is 1.86 bits per heavy atom. The fourth-order valence-corrected chi connectivity index (χ4v) is 4.46. The van der Waals surface area contributed by atoms with Crippen molar-refractivity contribution in [3.05, 3.63) is 24.0 Å². The van der Waals surface area contributed by atoms with E-state index in [1.54, 1.807) is 0 Å². The van der Waals surface area contributed by atoms with Crippen molar-refractivity contribution in [3.63, 3.8) is 0 Å². The van der Waals surface area contributed by atoms with Crippen molar-refractivity contribution in [2.75, 3.05) is 39.4 Å². The van der Waals surface area contributed by atoms with Crippen molar-refractivity contribution < 1.29 is 0 Å². The number of hydrogen-bond donors (Lipinski definition) is 2. The smallest absolute Gasteiger partial charge is 0.128 e. The van der Waals surface area contributed by atoms with E-state index in [1.807, 2.05) is 0 Å². The van der Waals surface area contributed by atoms with Gasteiger partial charge in [-0.15, -0.1) is 0 Å². The Balaban J connectivity index is 1.74. The Morgan fingerprint density at radius 1 is 1.00 bits per heavy atom. The van der Waals surface area contributed by atoms with E-state index in [1.165, 1.54) is 57.4 Å². The molecule has 1 aromatic heterocycles. The van der Waals surface area contributed by atoms with Gasteiger partial charge in [-0.2, -0.15) is 0 Å². The van der Waals surface area contributed by atoms with Crippen molar-refractivity contribution in [2.45, 2.75) is 37.8 Å². The average molecular weight is 289 g/mol. The van der Waals surface area contributed by atoms with Crippen LogP contribution in [0.1, 0.15) is 37.8 Å². The topological polar surface area (TPSA) is 37.5 Å². The highest BCUT2D eigenvalue weighted by atomic mass is 15.7. The lowest BCUT2D eigenvalue weighted by Gasteiger charge is -2.54. The van der Waals surface area contributed by atoms with Crippen LogP contribution < -0.4 is 5.32 Å². The minimum Gasteiger partial charge on any atom is -0.362 e. The third kappa shape index (κ3) is 2.23. The van der Waals surface area contributed by atoms with Gasteiger partial charge in [0, 0.05) is 38.9 Å². The van der Waals surface area contributed by atoms with Gasteiger partial charge >= 0.3 is 0 Å². The fraction of sp³-hybridized carbons (Fsp3) is 0.750. The maximum absolute atomic E-state index is 3.55. The number of aromatic amines is 1. The van der Waals surface area contributed by atoms with Crippen LogP contribution in [0.5, 0.6) is 0 Å². The zero-order valence-corrected chi connectivity index (χ0v) is 12.9. The second-order valence-corrected chi connectivity index (χ2v) is 6.56. The molecule has 2 N–H and O–H groups in total. The first-order chi connectivity index (χ1) is 10.4. The van der Waals surface area contributed by atoms with E-state index in [4.69, 9.17) is 0 Å². The largest absolute Gasteiger partial charge is 0.362 e. The number of hydrazine groups is 1. The molecule has 5 nitrogen and oxygen atoms in total. The number of nitrogens with one attached hydrogen (secondary N) is 2. The number of aromatic nitrogens is 1. The number of piperidine rings is 1. The first-order valence-electron chi connectivity index (χ1n) is 8.53. The molecular weight excluding hydrogens is 262 g/mol. The van der Waals surface area contributed by atoms with Gasteiger partial charge in [0.15, 0.2) is 0 Å². The molecule has 1 aromatic rings. The molecule has 4 rings (SSSR count). The zero-order chi connectivity index (χ0) is 14.1. The molecule has 0 amide bonds. The maximum atomic E-state index is 3.55. The summed E-state index contributed by atoms with van der Waals surface area (Å²) in [6, 6.07) is 4.45. The molecule has 1 unspecified atom stereocenters. The Kier molecular flexibility index (Phi) is 3.75. The van der Waals surface area contributed by atoms with E-state index < -0.39 is 0 Å². The normalized spacial score (nSPS) is 33.0. The molecule has 5 heteroatoms. The van der Waals surface area contributed by atoms with Crippen molar-refractivity contribution in [1.82, 2.24) is 25.2 Å². The highest BCUT2D eigenvalue weighted by Crippen LogP contribution is 2.42. The third-order valence-corrected chi connectivity index (χ3v) is 5.41. The standard InChI is InChI=1S/C16H27N5/c1-2-12-21(20-13-9-17-14-20)16(7-1,15-6-5-8-18-15)19-10-3-4-11-19/h5-6,8,17-18H,1-4,7,9-14H2. The molecule has 116 valence electrons. The third-order valence-electron chi connectivity index (χ3n) is 5.41. The highest BCUT2D eigenvalue weighted by Gasteiger charge is 2.49. The summed E-state index contributed by atoms with van der Waals surface area (Å²) in [5.41, 5.74) is 1.44. The van der Waals surface area contributed by atoms with Crippen molar-refractivity contribution >= 4 is 0 Å². The van der Waals surface area contributed by atoms with Gasteiger partial charge in [-0.3, -0.25) is 4.90 Å². The van der Waals surface area contributed by atoms with Crippen LogP contribution in [0.15, 0.2) is 18.3 Å². The predicted octanol–water partition coefficient (Wildman–Crippen LogP) is 1.53. The first-order valence-corrected chi connectivity index (χ1v) is 8.53. The first kappa shape index (κ1) is 13.8. The SMILES string of the molecule is c1c[nH]c(C2(N3CCCC3)CCCCN2N2CCNC2)c1. The van der Waals surface area contributed by atoms with E-state index in [9.17, 15) is 0 Å². The molecule has 0 aliphatic carbocycles. The molecule has 3 aliphatic rings. The molecule has 3 aliphatic heterocycles. The van der Waals surface area contributed by atoms with Gasteiger partial charge in [-0.1, -0.05) is 0 Å². The monoisotopic (exact) mass is 289 g/mol. The van der Waals surface area contributed by atoms with E-state index in [2.05, 4.69) is 43.5 Å². The van der Waals surface area contributed by atoms with Crippen molar-refractivity contribution in [3.8, 4) is 0 Å². The Hall–Kier alpha value is -0.880. The maximum Gasteiger partial charge on any atom is 0.128 e. The summed E-state index contributed by atoms with van der Waals surface area (Å²) in [5, 5.41) is 8.71. The minimum atomic E-state index is 0.0598. The lowest BCUT2D eigenvalue weighted by Crippen LogP contribution is -2.64. The molecule has 4 heterocycles. The Bertz CT molecular complexity index is 447. The molecule has 3 saturated heterocycles. The summed E-state index contributed by atoms with van der Waals surface area (Å²) >= 11 is 0. The van der Waals surface area contributed by atoms with Gasteiger partial charge in [0.05, 0.1) is 12.4 Å². The summed E-state index contributed by atoms with van der Waals surface area (Å²) in [6.45, 7) is 6.88. The molecule has 0 bridgehead atoms. The van der Waals surface area contributed by atoms with Gasteiger partial charge in [0.1, 0.15) is 5.66 Å². The van der Waals surface area contributed by atoms with Gasteiger partial charge in [-0.25, -0.2) is 10.0 Å². The van der Waals surface area contributed by atoms with Crippen LogP contribution in [0.4, 0.5) is 0 Å². The van der Waals surface area contributed by atoms with Gasteiger partial charge < -0.3 is 10.3 Å². The minimum absolute atomic E-state index is 0.0598. The van der Waals surface area contributed by atoms with Gasteiger partial charge in [0.2, 0.25) is 0 Å². The van der Waals surface area contributed by atoms with Crippen molar-refractivity contribution in [2.24, 2.45) is 0 Å². The van der Waals surface area contributed by atoms with Gasteiger partial charge in [-0.05, 0) is 44.2 Å². The van der Waals surface area contributed by atoms with Crippen LogP contribution in [0, 0.1) is 0 Å². The van der Waals surface area contributed by atoms with E-state index in [0.717, 1.165) is 19.8 Å². The second-order valence-electron chi connectivity index (χ2n) is 6.56.